The number of nitrogens with two attached hydrogens (primary N) is 1. The lowest BCUT2D eigenvalue weighted by atomic mass is 9.48. The average Bonchev–Trinajstić information content (AvgIpc) is 3.29. The monoisotopic (exact) mass is 386 g/mol. The van der Waals surface area contributed by atoms with E-state index in [2.05, 4.69) is 25.2 Å². The van der Waals surface area contributed by atoms with Gasteiger partial charge >= 0.3 is 0 Å². The topological polar surface area (TPSA) is 81.4 Å². The number of primary amides is 1. The third kappa shape index (κ3) is 2.34. The van der Waals surface area contributed by atoms with Crippen LogP contribution in [0.15, 0.2) is 11.6 Å². The number of hydrogen-bond acceptors (Lipinski definition) is 3. The van der Waals surface area contributed by atoms with E-state index in [-0.39, 0.29) is 17.4 Å². The molecule has 5 rings (SSSR count). The summed E-state index contributed by atoms with van der Waals surface area (Å²) >= 11 is 0. The molecule has 0 spiro atoms. The van der Waals surface area contributed by atoms with E-state index in [0.717, 1.165) is 24.7 Å². The molecule has 0 aromatic heterocycles. The molecule has 7 atom stereocenters. The summed E-state index contributed by atoms with van der Waals surface area (Å²) in [5, 5.41) is 3.27. The predicted molar refractivity (Wildman–Crippen MR) is 106 cm³/mol. The van der Waals surface area contributed by atoms with Gasteiger partial charge in [0.05, 0.1) is 5.57 Å². The molecule has 3 aliphatic carbocycles. The summed E-state index contributed by atoms with van der Waals surface area (Å²) in [4.78, 5) is 25.4. The zero-order valence-electron chi connectivity index (χ0n) is 17.3. The molecule has 3 saturated carbocycles. The van der Waals surface area contributed by atoms with Gasteiger partial charge in [-0.05, 0) is 74.5 Å². The maximum atomic E-state index is 13.0. The third-order valence-electron chi connectivity index (χ3n) is 9.42. The van der Waals surface area contributed by atoms with Crippen LogP contribution in [-0.4, -0.2) is 30.1 Å². The molecular weight excluding hydrogens is 352 g/mol. The average molecular weight is 387 g/mol. The zero-order chi connectivity index (χ0) is 19.7. The Hall–Kier alpha value is -1.36. The third-order valence-corrected chi connectivity index (χ3v) is 9.42. The normalized spacial score (nSPS) is 50.2. The fourth-order valence-corrected chi connectivity index (χ4v) is 7.91. The van der Waals surface area contributed by atoms with Gasteiger partial charge in [-0.1, -0.05) is 26.3 Å². The Balaban J connectivity index is 1.56. The molecule has 0 bridgehead atoms. The molecule has 0 aromatic rings. The van der Waals surface area contributed by atoms with Crippen LogP contribution in [0.4, 0.5) is 0 Å². The summed E-state index contributed by atoms with van der Waals surface area (Å²) in [5.74, 6) is 1.43. The van der Waals surface area contributed by atoms with E-state index < -0.39 is 11.5 Å². The SMILES string of the molecule is C[C@@]12CCC[C@H]1[C@@H]1CCC3NC(=O)C(C4(C(N)=O)CCCO4)=C[C@]3(C)[C@@H]1CC2. The molecule has 154 valence electrons. The summed E-state index contributed by atoms with van der Waals surface area (Å²) in [7, 11) is 0. The van der Waals surface area contributed by atoms with Crippen molar-refractivity contribution in [1.29, 1.82) is 0 Å². The van der Waals surface area contributed by atoms with Crippen molar-refractivity contribution >= 4 is 11.8 Å². The zero-order valence-corrected chi connectivity index (χ0v) is 17.3. The number of carbonyl (C=O) groups excluding carboxylic acids is 2. The van der Waals surface area contributed by atoms with Gasteiger partial charge in [-0.25, -0.2) is 0 Å². The molecule has 3 N–H and O–H groups in total. The van der Waals surface area contributed by atoms with Gasteiger partial charge in [0, 0.05) is 18.1 Å². The van der Waals surface area contributed by atoms with Gasteiger partial charge in [-0.3, -0.25) is 9.59 Å². The van der Waals surface area contributed by atoms with Crippen LogP contribution in [0.1, 0.15) is 71.6 Å². The first-order valence-electron chi connectivity index (χ1n) is 11.3. The minimum atomic E-state index is -1.23. The standard InChI is InChI=1S/C23H34N2O3/c1-21-9-3-5-15(21)14-6-7-18-22(2,16(14)8-11-21)13-17(19(26)25-18)23(20(24)27)10-4-12-28-23/h13-16,18H,3-12H2,1-2H3,(H2,24,27)(H,25,26)/t14-,15-,16+,18?,21-,22+,23?/m0/s1. The van der Waals surface area contributed by atoms with Crippen LogP contribution < -0.4 is 11.1 Å². The Morgan fingerprint density at radius 3 is 2.64 bits per heavy atom. The molecule has 5 heteroatoms. The molecule has 0 aromatic carbocycles. The van der Waals surface area contributed by atoms with E-state index in [1.165, 1.54) is 38.5 Å². The Morgan fingerprint density at radius 2 is 1.93 bits per heavy atom. The molecule has 1 saturated heterocycles. The number of amides is 2. The maximum Gasteiger partial charge on any atom is 0.254 e. The molecule has 28 heavy (non-hydrogen) atoms. The predicted octanol–water partition coefficient (Wildman–Crippen LogP) is 3.08. The van der Waals surface area contributed by atoms with Crippen LogP contribution in [0, 0.1) is 28.6 Å². The first-order chi connectivity index (χ1) is 13.3. The van der Waals surface area contributed by atoms with Crippen molar-refractivity contribution < 1.29 is 14.3 Å². The lowest BCUT2D eigenvalue weighted by Crippen LogP contribution is -2.62. The molecule has 2 unspecified atom stereocenters. The highest BCUT2D eigenvalue weighted by Gasteiger charge is 2.60. The lowest BCUT2D eigenvalue weighted by Gasteiger charge is -2.59. The highest BCUT2D eigenvalue weighted by Crippen LogP contribution is 2.63. The highest BCUT2D eigenvalue weighted by atomic mass is 16.5. The number of ether oxygens (including phenoxy) is 1. The number of fused-ring (bicyclic) bond motifs is 5. The van der Waals surface area contributed by atoms with Crippen molar-refractivity contribution in [2.24, 2.45) is 34.3 Å². The first-order valence-corrected chi connectivity index (χ1v) is 11.3. The Morgan fingerprint density at radius 1 is 1.11 bits per heavy atom. The van der Waals surface area contributed by atoms with Crippen LogP contribution in [0.25, 0.3) is 0 Å². The van der Waals surface area contributed by atoms with E-state index in [1.54, 1.807) is 0 Å². The lowest BCUT2D eigenvalue weighted by molar-refractivity contribution is -0.139. The molecule has 2 amide bonds. The summed E-state index contributed by atoms with van der Waals surface area (Å²) < 4.78 is 5.85. The van der Waals surface area contributed by atoms with Crippen LogP contribution in [0.2, 0.25) is 0 Å². The van der Waals surface area contributed by atoms with E-state index in [9.17, 15) is 9.59 Å². The fourth-order valence-electron chi connectivity index (χ4n) is 7.91. The minimum Gasteiger partial charge on any atom is -0.367 e. The summed E-state index contributed by atoms with van der Waals surface area (Å²) in [5.41, 5.74) is 5.41. The van der Waals surface area contributed by atoms with Crippen molar-refractivity contribution in [3.8, 4) is 0 Å². The fraction of sp³-hybridized carbons (Fsp3) is 0.826. The van der Waals surface area contributed by atoms with Crippen LogP contribution in [-0.2, 0) is 14.3 Å². The number of carbonyl (C=O) groups is 2. The molecule has 2 aliphatic heterocycles. The van der Waals surface area contributed by atoms with Crippen molar-refractivity contribution in [3.63, 3.8) is 0 Å². The Labute approximate surface area is 167 Å². The van der Waals surface area contributed by atoms with Crippen LogP contribution in [0.5, 0.6) is 0 Å². The van der Waals surface area contributed by atoms with Crippen molar-refractivity contribution in [2.45, 2.75) is 83.3 Å². The Kier molecular flexibility index (Phi) is 4.04. The minimum absolute atomic E-state index is 0.121. The number of nitrogens with one attached hydrogen (secondary N) is 1. The number of rotatable bonds is 2. The number of hydrogen-bond donors (Lipinski definition) is 2. The Bertz CT molecular complexity index is 740. The molecule has 4 fully saturated rings. The van der Waals surface area contributed by atoms with Gasteiger partial charge in [0.15, 0.2) is 5.60 Å². The van der Waals surface area contributed by atoms with E-state index in [4.69, 9.17) is 10.5 Å². The van der Waals surface area contributed by atoms with E-state index >= 15 is 0 Å². The molecular formula is C23H34N2O3. The van der Waals surface area contributed by atoms with Crippen molar-refractivity contribution in [2.75, 3.05) is 6.61 Å². The van der Waals surface area contributed by atoms with Gasteiger partial charge in [-0.15, -0.1) is 0 Å². The second-order valence-electron chi connectivity index (χ2n) is 10.6. The first kappa shape index (κ1) is 18.7. The smallest absolute Gasteiger partial charge is 0.254 e. The largest absolute Gasteiger partial charge is 0.367 e. The van der Waals surface area contributed by atoms with Gasteiger partial charge < -0.3 is 15.8 Å². The van der Waals surface area contributed by atoms with Gasteiger partial charge in [0.25, 0.3) is 11.8 Å². The van der Waals surface area contributed by atoms with Crippen molar-refractivity contribution in [1.82, 2.24) is 5.32 Å². The summed E-state index contributed by atoms with van der Waals surface area (Å²) in [6, 6.07) is 0.155. The van der Waals surface area contributed by atoms with Crippen molar-refractivity contribution in [3.05, 3.63) is 11.6 Å². The quantitative estimate of drug-likeness (QED) is 0.765. The molecule has 0 radical (unpaired) electrons. The molecule has 5 aliphatic rings. The maximum absolute atomic E-state index is 13.0. The highest BCUT2D eigenvalue weighted by molar-refractivity contribution is 6.05. The van der Waals surface area contributed by atoms with Crippen LogP contribution in [0.3, 0.4) is 0 Å². The van der Waals surface area contributed by atoms with Crippen LogP contribution >= 0.6 is 0 Å². The van der Waals surface area contributed by atoms with Gasteiger partial charge in [0.1, 0.15) is 0 Å². The second kappa shape index (κ2) is 6.07. The summed E-state index contributed by atoms with van der Waals surface area (Å²) in [6.45, 7) is 5.31. The molecule has 2 heterocycles. The second-order valence-corrected chi connectivity index (χ2v) is 10.6. The van der Waals surface area contributed by atoms with E-state index in [1.807, 2.05) is 0 Å². The van der Waals surface area contributed by atoms with Gasteiger partial charge in [-0.2, -0.15) is 0 Å². The summed E-state index contributed by atoms with van der Waals surface area (Å²) in [6.07, 6.45) is 12.3. The van der Waals surface area contributed by atoms with Gasteiger partial charge in [0.2, 0.25) is 0 Å². The molecule has 5 nitrogen and oxygen atoms in total. The van der Waals surface area contributed by atoms with E-state index in [0.29, 0.717) is 29.9 Å².